The average Bonchev–Trinajstić information content (AvgIpc) is 2.48. The third-order valence-electron chi connectivity index (χ3n) is 3.84. The van der Waals surface area contributed by atoms with Crippen LogP contribution in [0, 0.1) is 17.2 Å². The number of amides is 1. The summed E-state index contributed by atoms with van der Waals surface area (Å²) in [6, 6.07) is 7.22. The van der Waals surface area contributed by atoms with Gasteiger partial charge in [0.25, 0.3) is 0 Å². The Balaban J connectivity index is 1.80. The van der Waals surface area contributed by atoms with E-state index in [1.807, 2.05) is 6.07 Å². The first kappa shape index (κ1) is 15.0. The van der Waals surface area contributed by atoms with Gasteiger partial charge in [-0.2, -0.15) is 5.26 Å². The Labute approximate surface area is 123 Å². The van der Waals surface area contributed by atoms with Crippen LogP contribution in [-0.4, -0.2) is 35.8 Å². The van der Waals surface area contributed by atoms with E-state index in [9.17, 15) is 4.79 Å². The second-order valence-electron chi connectivity index (χ2n) is 5.18. The average molecular weight is 289 g/mol. The number of hydrogen-bond donors (Lipinski definition) is 2. The summed E-state index contributed by atoms with van der Waals surface area (Å²) in [6.45, 7) is 1.68. The molecule has 1 saturated heterocycles. The highest BCUT2D eigenvalue weighted by Gasteiger charge is 2.22. The van der Waals surface area contributed by atoms with Crippen LogP contribution >= 0.6 is 0 Å². The van der Waals surface area contributed by atoms with Crippen LogP contribution in [0.25, 0.3) is 0 Å². The number of nitrogens with two attached hydrogens (primary N) is 1. The van der Waals surface area contributed by atoms with Crippen molar-refractivity contribution in [3.05, 3.63) is 23.8 Å². The van der Waals surface area contributed by atoms with Crippen molar-refractivity contribution >= 4 is 11.8 Å². The van der Waals surface area contributed by atoms with Crippen LogP contribution in [0.15, 0.2) is 18.2 Å². The second-order valence-corrected chi connectivity index (χ2v) is 5.18. The highest BCUT2D eigenvalue weighted by molar-refractivity contribution is 5.65. The van der Waals surface area contributed by atoms with Crippen molar-refractivity contribution in [2.45, 2.75) is 19.3 Å². The van der Waals surface area contributed by atoms with E-state index in [1.165, 1.54) is 4.90 Å². The fraction of sp³-hybridized carbons (Fsp3) is 0.467. The van der Waals surface area contributed by atoms with E-state index in [2.05, 4.69) is 0 Å². The first-order chi connectivity index (χ1) is 10.1. The second kappa shape index (κ2) is 6.84. The summed E-state index contributed by atoms with van der Waals surface area (Å²) in [5.74, 6) is 0.979. The van der Waals surface area contributed by atoms with Gasteiger partial charge in [0.1, 0.15) is 17.4 Å². The molecule has 6 nitrogen and oxygen atoms in total. The molecule has 0 aromatic heterocycles. The summed E-state index contributed by atoms with van der Waals surface area (Å²) in [7, 11) is 0. The van der Waals surface area contributed by atoms with Gasteiger partial charge in [0, 0.05) is 13.1 Å². The number of benzene rings is 1. The van der Waals surface area contributed by atoms with Gasteiger partial charge in [-0.05, 0) is 37.3 Å². The van der Waals surface area contributed by atoms with E-state index in [4.69, 9.17) is 20.8 Å². The molecule has 6 heteroatoms. The smallest absolute Gasteiger partial charge is 0.407 e. The number of likely N-dealkylation sites (tertiary alicyclic amines) is 1. The van der Waals surface area contributed by atoms with E-state index in [1.54, 1.807) is 18.2 Å². The standard InChI is InChI=1S/C15H19N3O3/c16-10-12-13(17)2-1-3-14(12)21-9-6-11-4-7-18(8-5-11)15(19)20/h1-3,11H,4-9,17H2,(H,19,20). The first-order valence-electron chi connectivity index (χ1n) is 7.01. The molecule has 0 aliphatic carbocycles. The molecule has 1 aliphatic rings. The molecule has 1 amide bonds. The van der Waals surface area contributed by atoms with Crippen LogP contribution in [0.3, 0.4) is 0 Å². The molecule has 0 unspecified atom stereocenters. The van der Waals surface area contributed by atoms with Gasteiger partial charge in [-0.1, -0.05) is 6.07 Å². The molecule has 0 radical (unpaired) electrons. The normalized spacial score (nSPS) is 15.5. The van der Waals surface area contributed by atoms with Gasteiger partial charge in [-0.15, -0.1) is 0 Å². The molecular formula is C15H19N3O3. The van der Waals surface area contributed by atoms with Crippen LogP contribution < -0.4 is 10.5 Å². The van der Waals surface area contributed by atoms with Crippen molar-refractivity contribution in [3.8, 4) is 11.8 Å². The molecule has 1 aromatic rings. The summed E-state index contributed by atoms with van der Waals surface area (Å²) < 4.78 is 5.65. The highest BCUT2D eigenvalue weighted by atomic mass is 16.5. The molecule has 0 bridgehead atoms. The van der Waals surface area contributed by atoms with Gasteiger partial charge in [-0.25, -0.2) is 4.79 Å². The van der Waals surface area contributed by atoms with Gasteiger partial charge >= 0.3 is 6.09 Å². The predicted molar refractivity (Wildman–Crippen MR) is 78.0 cm³/mol. The summed E-state index contributed by atoms with van der Waals surface area (Å²) in [5, 5.41) is 17.9. The zero-order chi connectivity index (χ0) is 15.2. The molecule has 3 N–H and O–H groups in total. The summed E-state index contributed by atoms with van der Waals surface area (Å²) in [4.78, 5) is 12.3. The van der Waals surface area contributed by atoms with E-state index >= 15 is 0 Å². The number of carbonyl (C=O) groups is 1. The molecule has 1 aromatic carbocycles. The summed E-state index contributed by atoms with van der Waals surface area (Å²) >= 11 is 0. The Morgan fingerprint density at radius 1 is 1.48 bits per heavy atom. The molecule has 21 heavy (non-hydrogen) atoms. The van der Waals surface area contributed by atoms with Gasteiger partial charge in [0.15, 0.2) is 0 Å². The van der Waals surface area contributed by atoms with E-state index in [0.29, 0.717) is 42.6 Å². The van der Waals surface area contributed by atoms with Gasteiger partial charge in [-0.3, -0.25) is 0 Å². The van der Waals surface area contributed by atoms with Crippen LogP contribution in [-0.2, 0) is 0 Å². The van der Waals surface area contributed by atoms with E-state index in [-0.39, 0.29) is 0 Å². The highest BCUT2D eigenvalue weighted by Crippen LogP contribution is 2.25. The van der Waals surface area contributed by atoms with Crippen molar-refractivity contribution in [1.29, 1.82) is 5.26 Å². The predicted octanol–water partition coefficient (Wildman–Crippen LogP) is 2.30. The molecule has 1 fully saturated rings. The van der Waals surface area contributed by atoms with Crippen LogP contribution in [0.2, 0.25) is 0 Å². The Morgan fingerprint density at radius 2 is 2.19 bits per heavy atom. The number of nitrogen functional groups attached to an aromatic ring is 1. The molecular weight excluding hydrogens is 270 g/mol. The largest absolute Gasteiger partial charge is 0.492 e. The zero-order valence-corrected chi connectivity index (χ0v) is 11.8. The molecule has 1 aliphatic heterocycles. The monoisotopic (exact) mass is 289 g/mol. The number of nitriles is 1. The van der Waals surface area contributed by atoms with Crippen molar-refractivity contribution < 1.29 is 14.6 Å². The number of rotatable bonds is 4. The maximum absolute atomic E-state index is 10.8. The van der Waals surface area contributed by atoms with Crippen LogP contribution in [0.1, 0.15) is 24.8 Å². The third-order valence-corrected chi connectivity index (χ3v) is 3.84. The lowest BCUT2D eigenvalue weighted by molar-refractivity contribution is 0.119. The first-order valence-corrected chi connectivity index (χ1v) is 7.01. The summed E-state index contributed by atoms with van der Waals surface area (Å²) in [5.41, 5.74) is 6.52. The lowest BCUT2D eigenvalue weighted by Crippen LogP contribution is -2.37. The molecule has 0 saturated carbocycles. The van der Waals surface area contributed by atoms with Crippen molar-refractivity contribution in [2.75, 3.05) is 25.4 Å². The maximum Gasteiger partial charge on any atom is 0.407 e. The minimum absolute atomic E-state index is 0.373. The lowest BCUT2D eigenvalue weighted by atomic mass is 9.94. The molecule has 2 rings (SSSR count). The number of piperidine rings is 1. The molecule has 1 heterocycles. The fourth-order valence-corrected chi connectivity index (χ4v) is 2.54. The van der Waals surface area contributed by atoms with E-state index in [0.717, 1.165) is 19.3 Å². The van der Waals surface area contributed by atoms with Gasteiger partial charge in [0.2, 0.25) is 0 Å². The van der Waals surface area contributed by atoms with Crippen LogP contribution in [0.5, 0.6) is 5.75 Å². The zero-order valence-electron chi connectivity index (χ0n) is 11.8. The number of anilines is 1. The summed E-state index contributed by atoms with van der Waals surface area (Å²) in [6.07, 6.45) is 1.73. The topological polar surface area (TPSA) is 99.6 Å². The van der Waals surface area contributed by atoms with Crippen molar-refractivity contribution in [1.82, 2.24) is 4.90 Å². The SMILES string of the molecule is N#Cc1c(N)cccc1OCCC1CCN(C(=O)O)CC1. The minimum atomic E-state index is -0.844. The number of hydrogen-bond acceptors (Lipinski definition) is 4. The lowest BCUT2D eigenvalue weighted by Gasteiger charge is -2.29. The van der Waals surface area contributed by atoms with E-state index < -0.39 is 6.09 Å². The molecule has 0 atom stereocenters. The van der Waals surface area contributed by atoms with Gasteiger partial charge < -0.3 is 20.5 Å². The number of nitrogens with zero attached hydrogens (tertiary/aromatic N) is 2. The van der Waals surface area contributed by atoms with Crippen molar-refractivity contribution in [3.63, 3.8) is 0 Å². The Hall–Kier alpha value is -2.42. The Bertz CT molecular complexity index is 546. The third kappa shape index (κ3) is 3.78. The molecule has 112 valence electrons. The Kier molecular flexibility index (Phi) is 4.88. The molecule has 0 spiro atoms. The minimum Gasteiger partial charge on any atom is -0.492 e. The number of carboxylic acid groups (broad SMARTS) is 1. The number of ether oxygens (including phenoxy) is 1. The Morgan fingerprint density at radius 3 is 2.81 bits per heavy atom. The maximum atomic E-state index is 10.8. The van der Waals surface area contributed by atoms with Crippen molar-refractivity contribution in [2.24, 2.45) is 5.92 Å². The quantitative estimate of drug-likeness (QED) is 0.828. The van der Waals surface area contributed by atoms with Gasteiger partial charge in [0.05, 0.1) is 12.3 Å². The fourth-order valence-electron chi connectivity index (χ4n) is 2.54. The van der Waals surface area contributed by atoms with Crippen LogP contribution in [0.4, 0.5) is 10.5 Å².